The number of allylic oxidation sites excluding steroid dienone is 5. The molecule has 200 valence electrons. The minimum Gasteiger partial charge on any atom is -0.369 e. The van der Waals surface area contributed by atoms with Gasteiger partial charge in [0.25, 0.3) is 0 Å². The van der Waals surface area contributed by atoms with Crippen molar-refractivity contribution in [2.45, 2.75) is 51.9 Å². The highest BCUT2D eigenvalue weighted by Gasteiger charge is 2.35. The summed E-state index contributed by atoms with van der Waals surface area (Å²) in [5.74, 6) is 0.387. The summed E-state index contributed by atoms with van der Waals surface area (Å²) in [5, 5.41) is 0.882. The Bertz CT molecular complexity index is 1050. The van der Waals surface area contributed by atoms with E-state index in [-0.39, 0.29) is 5.91 Å². The molecule has 5 nitrogen and oxygen atoms in total. The van der Waals surface area contributed by atoms with Crippen molar-refractivity contribution in [3.8, 4) is 0 Å². The van der Waals surface area contributed by atoms with Gasteiger partial charge in [0, 0.05) is 55.9 Å². The van der Waals surface area contributed by atoms with Gasteiger partial charge in [-0.2, -0.15) is 0 Å². The Hall–Kier alpha value is -1.92. The van der Waals surface area contributed by atoms with Crippen molar-refractivity contribution in [2.75, 3.05) is 57.3 Å². The summed E-state index contributed by atoms with van der Waals surface area (Å²) in [7, 11) is 0. The predicted octanol–water partition coefficient (Wildman–Crippen LogP) is 4.86. The maximum atomic E-state index is 11.5. The second kappa shape index (κ2) is 11.9. The van der Waals surface area contributed by atoms with Gasteiger partial charge in [0.2, 0.25) is 0 Å². The van der Waals surface area contributed by atoms with Crippen LogP contribution >= 0.6 is 11.6 Å². The van der Waals surface area contributed by atoms with Gasteiger partial charge in [-0.05, 0) is 87.4 Å². The fourth-order valence-electron chi connectivity index (χ4n) is 6.87. The Labute approximate surface area is 228 Å². The molecule has 4 aliphatic rings. The highest BCUT2D eigenvalue weighted by molar-refractivity contribution is 6.31. The van der Waals surface area contributed by atoms with E-state index in [1.807, 2.05) is 12.1 Å². The fourth-order valence-corrected chi connectivity index (χ4v) is 7.03. The molecule has 0 aromatic heterocycles. The average molecular weight is 524 g/mol. The number of hydrogen-bond donors (Lipinski definition) is 1. The summed E-state index contributed by atoms with van der Waals surface area (Å²) in [5.41, 5.74) is 9.15. The standard InChI is InChI=1S/C31H43ClN4O/c1-31(23-35-15-3-2-4-16-35)14-13-29(24-5-9-27(32)10-6-24)26(21-31)22-34-17-19-36(20-18-34)28-11-7-25(8-12-28)30(33)37/h5,7-12,24H,2-4,6,13-23H2,1H3,(H2,33,37)/p+1. The van der Waals surface area contributed by atoms with Crippen LogP contribution in [0.1, 0.15) is 62.2 Å². The smallest absolute Gasteiger partial charge is 0.340 e. The maximum absolute atomic E-state index is 11.5. The van der Waals surface area contributed by atoms with Crippen molar-refractivity contribution in [2.24, 2.45) is 11.3 Å². The van der Waals surface area contributed by atoms with Crippen molar-refractivity contribution in [3.05, 3.63) is 64.2 Å². The number of rotatable bonds is 7. The molecule has 0 bridgehead atoms. The zero-order valence-electron chi connectivity index (χ0n) is 22.6. The summed E-state index contributed by atoms with van der Waals surface area (Å²) in [6.45, 7) is 11.6. The lowest BCUT2D eigenvalue weighted by atomic mass is 9.69. The molecule has 2 fully saturated rings. The Balaban J connectivity index is 1.26. The largest absolute Gasteiger partial charge is 0.369 e. The number of likely N-dealkylation sites (tertiary alicyclic amines) is 1. The van der Waals surface area contributed by atoms with Crippen molar-refractivity contribution in [1.82, 2.24) is 9.80 Å². The lowest BCUT2D eigenvalue weighted by molar-refractivity contribution is -0.255. The number of anilines is 1. The molecule has 2 unspecified atom stereocenters. The summed E-state index contributed by atoms with van der Waals surface area (Å²) in [6, 6.07) is 7.93. The van der Waals surface area contributed by atoms with Crippen molar-refractivity contribution < 1.29 is 10.5 Å². The average Bonchev–Trinajstić information content (AvgIpc) is 2.90. The van der Waals surface area contributed by atoms with Gasteiger partial charge in [0.15, 0.2) is 0 Å². The summed E-state index contributed by atoms with van der Waals surface area (Å²) in [6.07, 6.45) is 15.6. The van der Waals surface area contributed by atoms with Crippen LogP contribution in [0.4, 0.5) is 5.69 Å². The number of piperazine rings is 1. The Kier molecular flexibility index (Phi) is 8.55. The first kappa shape index (κ1) is 26.7. The Morgan fingerprint density at radius 3 is 2.41 bits per heavy atom. The molecule has 1 amide bonds. The van der Waals surface area contributed by atoms with Crippen LogP contribution in [0.5, 0.6) is 0 Å². The third-order valence-corrected chi connectivity index (χ3v) is 9.27. The van der Waals surface area contributed by atoms with Gasteiger partial charge in [-0.1, -0.05) is 48.2 Å². The first-order chi connectivity index (χ1) is 17.9. The number of benzene rings is 1. The van der Waals surface area contributed by atoms with Gasteiger partial charge in [0.05, 0.1) is 5.56 Å². The number of piperidine rings is 1. The minimum atomic E-state index is -0.120. The quantitative estimate of drug-likeness (QED) is 0.518. The van der Waals surface area contributed by atoms with Gasteiger partial charge in [-0.15, -0.1) is 0 Å². The molecule has 0 spiro atoms. The molecule has 6 heteroatoms. The topological polar surface area (TPSA) is 54.4 Å². The molecule has 3 N–H and O–H groups in total. The molecule has 2 aliphatic heterocycles. The minimum absolute atomic E-state index is 0.120. The van der Waals surface area contributed by atoms with Gasteiger partial charge in [0.1, 0.15) is 0 Å². The first-order valence-electron chi connectivity index (χ1n) is 14.3. The molecule has 2 heterocycles. The van der Waals surface area contributed by atoms with Crippen LogP contribution < -0.4 is 10.6 Å². The fraction of sp³-hybridized carbons (Fsp3) is 0.581. The third-order valence-electron chi connectivity index (χ3n) is 8.99. The van der Waals surface area contributed by atoms with Crippen LogP contribution in [0, 0.1) is 11.3 Å². The highest BCUT2D eigenvalue weighted by Crippen LogP contribution is 2.44. The van der Waals surface area contributed by atoms with E-state index >= 15 is 0 Å². The van der Waals surface area contributed by atoms with Crippen LogP contribution in [-0.2, 0) is 0 Å². The number of nitrogens with zero attached hydrogens (tertiary/aromatic N) is 3. The van der Waals surface area contributed by atoms with E-state index in [1.165, 1.54) is 63.8 Å². The lowest BCUT2D eigenvalue weighted by Crippen LogP contribution is -2.56. The molecule has 0 saturated carbocycles. The van der Waals surface area contributed by atoms with E-state index in [0.717, 1.165) is 44.2 Å². The second-order valence-electron chi connectivity index (χ2n) is 12.0. The van der Waals surface area contributed by atoms with E-state index in [9.17, 15) is 4.79 Å². The number of carbonyl (C=O) groups excluding carboxylic acids is 1. The Morgan fingerprint density at radius 1 is 1.03 bits per heavy atom. The van der Waals surface area contributed by atoms with Crippen LogP contribution in [-0.4, -0.2) is 68.1 Å². The summed E-state index contributed by atoms with van der Waals surface area (Å²) in [4.78, 5) is 19.4. The molecule has 2 atom stereocenters. The molecule has 2 aliphatic carbocycles. The molecular formula is C31H44ClN4O+. The van der Waals surface area contributed by atoms with Gasteiger partial charge in [-0.25, -0.2) is 4.79 Å². The third kappa shape index (κ3) is 6.75. The molecule has 5 rings (SSSR count). The summed E-state index contributed by atoms with van der Waals surface area (Å²) < 4.78 is 0. The number of hydrogen-bond acceptors (Lipinski definition) is 4. The van der Waals surface area contributed by atoms with Crippen LogP contribution in [0.2, 0.25) is 0 Å². The molecular weight excluding hydrogens is 480 g/mol. The van der Waals surface area contributed by atoms with Crippen molar-refractivity contribution in [3.63, 3.8) is 0 Å². The number of halogens is 1. The van der Waals surface area contributed by atoms with E-state index in [0.29, 0.717) is 16.9 Å². The zero-order valence-corrected chi connectivity index (χ0v) is 23.3. The molecule has 37 heavy (non-hydrogen) atoms. The van der Waals surface area contributed by atoms with Gasteiger partial charge in [-0.3, -0.25) is 10.6 Å². The van der Waals surface area contributed by atoms with Crippen LogP contribution in [0.15, 0.2) is 58.7 Å². The van der Waals surface area contributed by atoms with E-state index in [2.05, 4.69) is 57.7 Å². The van der Waals surface area contributed by atoms with Crippen molar-refractivity contribution >= 4 is 23.2 Å². The highest BCUT2D eigenvalue weighted by atomic mass is 35.5. The second-order valence-corrected chi connectivity index (χ2v) is 12.4. The number of quaternary nitrogens is 1. The van der Waals surface area contributed by atoms with Crippen LogP contribution in [0.25, 0.3) is 0 Å². The van der Waals surface area contributed by atoms with E-state index in [1.54, 1.807) is 11.1 Å². The molecule has 1 aromatic carbocycles. The van der Waals surface area contributed by atoms with E-state index in [4.69, 9.17) is 11.6 Å². The molecule has 0 radical (unpaired) electrons. The Morgan fingerprint density at radius 2 is 1.76 bits per heavy atom. The number of amides is 1. The zero-order chi connectivity index (χ0) is 25.8. The monoisotopic (exact) mass is 523 g/mol. The van der Waals surface area contributed by atoms with Crippen molar-refractivity contribution in [1.29, 1.82) is 0 Å². The van der Waals surface area contributed by atoms with Gasteiger partial charge >= 0.3 is 5.91 Å². The first-order valence-corrected chi connectivity index (χ1v) is 14.7. The maximum Gasteiger partial charge on any atom is 0.340 e. The SMILES string of the molecule is CC1(CN2CCCCC2)CCC(C2C=CC(Cl)=CC2)=C(CN2CCN(c3ccc(C([NH3+])=O)cc3)CC2)C1. The molecule has 2 saturated heterocycles. The normalized spacial score (nSPS) is 27.9. The molecule has 1 aromatic rings. The van der Waals surface area contributed by atoms with Crippen LogP contribution in [0.3, 0.4) is 0 Å². The summed E-state index contributed by atoms with van der Waals surface area (Å²) >= 11 is 6.27. The number of carbonyl (C=O) groups is 1. The lowest BCUT2D eigenvalue weighted by Gasteiger charge is -2.44. The van der Waals surface area contributed by atoms with E-state index < -0.39 is 0 Å². The predicted molar refractivity (Wildman–Crippen MR) is 153 cm³/mol. The van der Waals surface area contributed by atoms with Gasteiger partial charge < -0.3 is 9.80 Å².